The fourth-order valence-corrected chi connectivity index (χ4v) is 8.09. The number of hydrogen-bond donors (Lipinski definition) is 0. The summed E-state index contributed by atoms with van der Waals surface area (Å²) in [6.45, 7) is 7.60. The molecule has 0 bridgehead atoms. The van der Waals surface area contributed by atoms with Crippen LogP contribution >= 0.6 is 15.2 Å². The van der Waals surface area contributed by atoms with Gasteiger partial charge in [0.25, 0.3) is 5.52 Å². The summed E-state index contributed by atoms with van der Waals surface area (Å²) in [4.78, 5) is 0. The maximum absolute atomic E-state index is 13.2. The second-order valence-electron chi connectivity index (χ2n) is 5.21. The Morgan fingerprint density at radius 1 is 0.714 bits per heavy atom. The maximum Gasteiger partial charge on any atom is 0.400 e. The SMILES string of the molecule is CCOP(=O)(OCC)C([N+](C)(C)C)P(=O)(OCC)OCC. The molecule has 0 aliphatic rings. The fraction of sp³-hybridized carbons (Fsp3) is 1.00. The van der Waals surface area contributed by atoms with Crippen LogP contribution in [-0.4, -0.2) is 57.6 Å². The summed E-state index contributed by atoms with van der Waals surface area (Å²) in [5, 5.41) is 0. The van der Waals surface area contributed by atoms with Crippen LogP contribution in [0.1, 0.15) is 27.7 Å². The zero-order valence-corrected chi connectivity index (χ0v) is 16.0. The van der Waals surface area contributed by atoms with Crippen LogP contribution in [0.4, 0.5) is 0 Å². The topological polar surface area (TPSA) is 71.1 Å². The van der Waals surface area contributed by atoms with E-state index in [4.69, 9.17) is 18.1 Å². The molecular formula is C12H30NO6P2+. The van der Waals surface area contributed by atoms with Gasteiger partial charge < -0.3 is 22.6 Å². The highest BCUT2D eigenvalue weighted by Crippen LogP contribution is 2.72. The van der Waals surface area contributed by atoms with Crippen LogP contribution in [-0.2, 0) is 27.2 Å². The third kappa shape index (κ3) is 5.76. The summed E-state index contributed by atoms with van der Waals surface area (Å²) in [5.41, 5.74) is -1.04. The monoisotopic (exact) mass is 346 g/mol. The van der Waals surface area contributed by atoms with Crippen molar-refractivity contribution in [2.24, 2.45) is 0 Å². The Morgan fingerprint density at radius 3 is 1.10 bits per heavy atom. The Morgan fingerprint density at radius 2 is 0.952 bits per heavy atom. The lowest BCUT2D eigenvalue weighted by molar-refractivity contribution is -0.871. The molecule has 0 aromatic carbocycles. The van der Waals surface area contributed by atoms with Gasteiger partial charge in [-0.15, -0.1) is 0 Å². The summed E-state index contributed by atoms with van der Waals surface area (Å²) in [7, 11) is -2.05. The van der Waals surface area contributed by atoms with Crippen LogP contribution in [0.25, 0.3) is 0 Å². The molecule has 0 spiro atoms. The standard InChI is InChI=1S/C12H30NO6P2/c1-8-16-20(14,17-9-2)12(13(5,6)7)21(15,18-10-3)19-11-4/h12H,8-11H2,1-7H3/q+1. The Hall–Kier alpha value is 0.260. The van der Waals surface area contributed by atoms with Gasteiger partial charge >= 0.3 is 15.2 Å². The third-order valence-corrected chi connectivity index (χ3v) is 9.18. The molecule has 0 aliphatic carbocycles. The molecule has 0 heterocycles. The normalized spacial score (nSPS) is 13.9. The van der Waals surface area contributed by atoms with Crippen LogP contribution in [0.15, 0.2) is 0 Å². The highest BCUT2D eigenvalue weighted by molar-refractivity contribution is 7.72. The van der Waals surface area contributed by atoms with E-state index < -0.39 is 20.7 Å². The number of rotatable bonds is 11. The van der Waals surface area contributed by atoms with E-state index in [1.807, 2.05) is 0 Å². The summed E-state index contributed by atoms with van der Waals surface area (Å²) in [6.07, 6.45) is 0. The lowest BCUT2D eigenvalue weighted by atomic mass is 10.8. The van der Waals surface area contributed by atoms with Crippen LogP contribution in [0.2, 0.25) is 0 Å². The van der Waals surface area contributed by atoms with Crippen molar-refractivity contribution in [3.8, 4) is 0 Å². The van der Waals surface area contributed by atoms with Crippen LogP contribution < -0.4 is 0 Å². The second kappa shape index (κ2) is 8.78. The molecule has 0 aliphatic heterocycles. The minimum absolute atomic E-state index is 0.0779. The minimum Gasteiger partial charge on any atom is -0.308 e. The van der Waals surface area contributed by atoms with Crippen molar-refractivity contribution in [2.75, 3.05) is 47.6 Å². The molecule has 0 atom stereocenters. The van der Waals surface area contributed by atoms with Crippen molar-refractivity contribution in [3.05, 3.63) is 0 Å². The van der Waals surface area contributed by atoms with Gasteiger partial charge in [-0.25, -0.2) is 0 Å². The van der Waals surface area contributed by atoms with Crippen molar-refractivity contribution in [1.29, 1.82) is 0 Å². The van der Waals surface area contributed by atoms with E-state index in [1.54, 1.807) is 48.8 Å². The van der Waals surface area contributed by atoms with Crippen molar-refractivity contribution in [3.63, 3.8) is 0 Å². The molecule has 21 heavy (non-hydrogen) atoms. The van der Waals surface area contributed by atoms with Crippen molar-refractivity contribution < 1.29 is 31.7 Å². The van der Waals surface area contributed by atoms with E-state index >= 15 is 0 Å². The first-order valence-electron chi connectivity index (χ1n) is 7.19. The van der Waals surface area contributed by atoms with Gasteiger partial charge in [-0.05, 0) is 27.7 Å². The lowest BCUT2D eigenvalue weighted by Crippen LogP contribution is -2.46. The Balaban J connectivity index is 5.95. The highest BCUT2D eigenvalue weighted by atomic mass is 31.2. The third-order valence-electron chi connectivity index (χ3n) is 2.49. The number of nitrogens with zero attached hydrogens (tertiary/aromatic N) is 1. The predicted octanol–water partition coefficient (Wildman–Crippen LogP) is 3.51. The van der Waals surface area contributed by atoms with Gasteiger partial charge in [0.1, 0.15) is 0 Å². The average Bonchev–Trinajstić information content (AvgIpc) is 2.27. The lowest BCUT2D eigenvalue weighted by Gasteiger charge is -2.39. The summed E-state index contributed by atoms with van der Waals surface area (Å²) in [5.74, 6) is 0. The number of hydrogen-bond acceptors (Lipinski definition) is 6. The zero-order valence-electron chi connectivity index (χ0n) is 14.2. The largest absolute Gasteiger partial charge is 0.400 e. The molecule has 0 saturated heterocycles. The first kappa shape index (κ1) is 21.3. The van der Waals surface area contributed by atoms with E-state index in [2.05, 4.69) is 0 Å². The Labute approximate surface area is 128 Å². The average molecular weight is 346 g/mol. The quantitative estimate of drug-likeness (QED) is 0.421. The molecule has 0 fully saturated rings. The molecule has 7 nitrogen and oxygen atoms in total. The van der Waals surface area contributed by atoms with E-state index in [0.29, 0.717) is 0 Å². The molecule has 0 unspecified atom stereocenters. The van der Waals surface area contributed by atoms with Crippen LogP contribution in [0, 0.1) is 0 Å². The molecule has 0 aromatic heterocycles. The summed E-state index contributed by atoms with van der Waals surface area (Å²) in [6, 6.07) is 0. The van der Waals surface area contributed by atoms with Crippen molar-refractivity contribution >= 4 is 15.2 Å². The first-order valence-corrected chi connectivity index (χ1v) is 10.4. The molecule has 0 saturated carbocycles. The molecule has 0 N–H and O–H groups in total. The van der Waals surface area contributed by atoms with Gasteiger partial charge in [0.2, 0.25) is 0 Å². The zero-order chi connectivity index (χ0) is 16.7. The molecule has 0 aromatic rings. The first-order chi connectivity index (χ1) is 9.61. The molecule has 0 amide bonds. The van der Waals surface area contributed by atoms with Gasteiger partial charge in [-0.2, -0.15) is 0 Å². The smallest absolute Gasteiger partial charge is 0.308 e. The van der Waals surface area contributed by atoms with Crippen LogP contribution in [0.3, 0.4) is 0 Å². The Bertz CT molecular complexity index is 346. The van der Waals surface area contributed by atoms with E-state index in [9.17, 15) is 9.13 Å². The van der Waals surface area contributed by atoms with Gasteiger partial charge in [0.15, 0.2) is 0 Å². The van der Waals surface area contributed by atoms with E-state index in [1.165, 1.54) is 0 Å². The van der Waals surface area contributed by atoms with Crippen molar-refractivity contribution in [1.82, 2.24) is 0 Å². The van der Waals surface area contributed by atoms with Crippen molar-refractivity contribution in [2.45, 2.75) is 33.2 Å². The second-order valence-corrected chi connectivity index (χ2v) is 9.79. The number of quaternary nitrogens is 1. The fourth-order valence-electron chi connectivity index (χ4n) is 2.08. The molecular weight excluding hydrogens is 316 g/mol. The van der Waals surface area contributed by atoms with Gasteiger partial charge in [-0.1, -0.05) is 0 Å². The highest BCUT2D eigenvalue weighted by Gasteiger charge is 2.59. The summed E-state index contributed by atoms with van der Waals surface area (Å²) >= 11 is 0. The van der Waals surface area contributed by atoms with Gasteiger partial charge in [0, 0.05) is 0 Å². The molecule has 128 valence electrons. The minimum atomic E-state index is -3.67. The van der Waals surface area contributed by atoms with Gasteiger partial charge in [-0.3, -0.25) is 9.13 Å². The van der Waals surface area contributed by atoms with E-state index in [-0.39, 0.29) is 30.9 Å². The maximum atomic E-state index is 13.2. The molecule has 9 heteroatoms. The predicted molar refractivity (Wildman–Crippen MR) is 83.5 cm³/mol. The molecule has 0 rings (SSSR count). The van der Waals surface area contributed by atoms with Gasteiger partial charge in [0.05, 0.1) is 47.6 Å². The molecule has 0 radical (unpaired) electrons. The Kier molecular flexibility index (Phi) is 8.89. The summed E-state index contributed by atoms with van der Waals surface area (Å²) < 4.78 is 47.9. The van der Waals surface area contributed by atoms with E-state index in [0.717, 1.165) is 0 Å². The van der Waals surface area contributed by atoms with Crippen LogP contribution in [0.5, 0.6) is 0 Å².